The molecule has 0 atom stereocenters. The molecule has 1 aromatic heterocycles. The number of nitrogens with zero attached hydrogens (tertiary/aromatic N) is 4. The minimum Gasteiger partial charge on any atom is -0.356 e. The van der Waals surface area contributed by atoms with Gasteiger partial charge in [0.15, 0.2) is 5.96 Å². The van der Waals surface area contributed by atoms with Crippen molar-refractivity contribution in [2.45, 2.75) is 38.5 Å². The Morgan fingerprint density at radius 3 is 2.39 bits per heavy atom. The summed E-state index contributed by atoms with van der Waals surface area (Å²) in [6, 6.07) is 10.5. The van der Waals surface area contributed by atoms with Crippen LogP contribution in [0.25, 0.3) is 5.69 Å². The minimum atomic E-state index is 0.866. The van der Waals surface area contributed by atoms with Gasteiger partial charge in [0.25, 0.3) is 0 Å². The minimum absolute atomic E-state index is 0.866. The predicted molar refractivity (Wildman–Crippen MR) is 118 cm³/mol. The molecule has 0 radical (unpaired) electrons. The molecule has 0 unspecified atom stereocenters. The van der Waals surface area contributed by atoms with E-state index in [1.165, 1.54) is 44.2 Å². The van der Waals surface area contributed by atoms with Crippen LogP contribution < -0.4 is 10.6 Å². The van der Waals surface area contributed by atoms with E-state index in [0.717, 1.165) is 31.2 Å². The second-order valence-corrected chi connectivity index (χ2v) is 7.36. The molecule has 6 heteroatoms. The Labute approximate surface area is 170 Å². The van der Waals surface area contributed by atoms with Gasteiger partial charge in [-0.25, -0.2) is 4.68 Å². The molecule has 2 aromatic rings. The number of rotatable bonds is 12. The lowest BCUT2D eigenvalue weighted by Crippen LogP contribution is -2.38. The van der Waals surface area contributed by atoms with Crippen LogP contribution in [-0.4, -0.2) is 61.4 Å². The molecular weight excluding hydrogens is 348 g/mol. The highest BCUT2D eigenvalue weighted by Gasteiger charge is 2.00. The summed E-state index contributed by atoms with van der Waals surface area (Å²) in [7, 11) is 6.10. The Morgan fingerprint density at radius 1 is 1.00 bits per heavy atom. The van der Waals surface area contributed by atoms with Gasteiger partial charge in [0, 0.05) is 32.5 Å². The van der Waals surface area contributed by atoms with Gasteiger partial charge >= 0.3 is 0 Å². The van der Waals surface area contributed by atoms with Crippen LogP contribution in [0.3, 0.4) is 0 Å². The summed E-state index contributed by atoms with van der Waals surface area (Å²) in [5.74, 6) is 0.890. The number of benzene rings is 1. The average Bonchev–Trinajstić information content (AvgIpc) is 3.23. The highest BCUT2D eigenvalue weighted by Crippen LogP contribution is 2.08. The van der Waals surface area contributed by atoms with Crippen LogP contribution in [0.2, 0.25) is 0 Å². The van der Waals surface area contributed by atoms with Gasteiger partial charge in [0.05, 0.1) is 5.69 Å². The Morgan fingerprint density at radius 2 is 1.71 bits per heavy atom. The van der Waals surface area contributed by atoms with E-state index in [1.54, 1.807) is 6.20 Å². The highest BCUT2D eigenvalue weighted by atomic mass is 15.3. The molecule has 0 aliphatic heterocycles. The molecule has 6 nitrogen and oxygen atoms in total. The molecule has 1 aromatic carbocycles. The van der Waals surface area contributed by atoms with E-state index in [1.807, 2.05) is 24.0 Å². The van der Waals surface area contributed by atoms with E-state index in [4.69, 9.17) is 0 Å². The largest absolute Gasteiger partial charge is 0.356 e. The Bertz CT molecular complexity index is 661. The van der Waals surface area contributed by atoms with Gasteiger partial charge in [-0.05, 0) is 63.7 Å². The SMILES string of the molecule is CN=C(NCCCCCCCN(C)C)NCCc1ccc(-n2cccn2)cc1. The molecule has 0 amide bonds. The summed E-state index contributed by atoms with van der Waals surface area (Å²) in [6.45, 7) is 3.04. The fraction of sp³-hybridized carbons (Fsp3) is 0.545. The smallest absolute Gasteiger partial charge is 0.190 e. The topological polar surface area (TPSA) is 57.5 Å². The zero-order valence-corrected chi connectivity index (χ0v) is 17.7. The van der Waals surface area contributed by atoms with Crippen molar-refractivity contribution in [3.8, 4) is 5.69 Å². The maximum Gasteiger partial charge on any atom is 0.190 e. The predicted octanol–water partition coefficient (Wildman–Crippen LogP) is 3.09. The van der Waals surface area contributed by atoms with Crippen molar-refractivity contribution in [2.75, 3.05) is 40.8 Å². The van der Waals surface area contributed by atoms with E-state index in [2.05, 4.69) is 64.0 Å². The Kier molecular flexibility index (Phi) is 10.1. The molecule has 154 valence electrons. The van der Waals surface area contributed by atoms with E-state index >= 15 is 0 Å². The van der Waals surface area contributed by atoms with Crippen LogP contribution >= 0.6 is 0 Å². The third-order valence-corrected chi connectivity index (χ3v) is 4.71. The van der Waals surface area contributed by atoms with Crippen molar-refractivity contribution in [2.24, 2.45) is 4.99 Å². The van der Waals surface area contributed by atoms with Gasteiger partial charge in [-0.15, -0.1) is 0 Å². The molecule has 0 spiro atoms. The standard InChI is InChI=1S/C22H36N6/c1-23-22(24-15-7-5-4-6-8-18-27(2)3)25-17-14-20-10-12-21(13-11-20)28-19-9-16-26-28/h9-13,16,19H,4-8,14-15,17-18H2,1-3H3,(H2,23,24,25). The van der Waals surface area contributed by atoms with E-state index in [0.29, 0.717) is 0 Å². The second-order valence-electron chi connectivity index (χ2n) is 7.36. The molecule has 0 saturated carbocycles. The van der Waals surface area contributed by atoms with Crippen molar-refractivity contribution in [3.63, 3.8) is 0 Å². The first-order valence-electron chi connectivity index (χ1n) is 10.4. The van der Waals surface area contributed by atoms with Gasteiger partial charge in [0.2, 0.25) is 0 Å². The number of aromatic nitrogens is 2. The second kappa shape index (κ2) is 12.9. The molecule has 0 bridgehead atoms. The molecule has 0 fully saturated rings. The third kappa shape index (κ3) is 8.57. The van der Waals surface area contributed by atoms with Crippen LogP contribution in [0.1, 0.15) is 37.7 Å². The first kappa shape index (κ1) is 22.0. The molecule has 0 aliphatic rings. The van der Waals surface area contributed by atoms with Crippen molar-refractivity contribution >= 4 is 5.96 Å². The van der Waals surface area contributed by atoms with Crippen LogP contribution in [0.15, 0.2) is 47.7 Å². The van der Waals surface area contributed by atoms with E-state index in [-0.39, 0.29) is 0 Å². The van der Waals surface area contributed by atoms with Gasteiger partial charge in [-0.2, -0.15) is 5.10 Å². The van der Waals surface area contributed by atoms with Crippen LogP contribution in [0.5, 0.6) is 0 Å². The fourth-order valence-corrected chi connectivity index (χ4v) is 3.07. The molecule has 2 rings (SSSR count). The number of guanidine groups is 1. The quantitative estimate of drug-likeness (QED) is 0.335. The lowest BCUT2D eigenvalue weighted by molar-refractivity contribution is 0.389. The van der Waals surface area contributed by atoms with Crippen LogP contribution in [0, 0.1) is 0 Å². The number of hydrogen-bond donors (Lipinski definition) is 2. The average molecular weight is 385 g/mol. The summed E-state index contributed by atoms with van der Waals surface area (Å²) in [5, 5.41) is 11.1. The van der Waals surface area contributed by atoms with E-state index < -0.39 is 0 Å². The van der Waals surface area contributed by atoms with Gasteiger partial charge in [-0.1, -0.05) is 31.4 Å². The van der Waals surface area contributed by atoms with Gasteiger partial charge in [0.1, 0.15) is 0 Å². The van der Waals surface area contributed by atoms with Crippen molar-refractivity contribution in [3.05, 3.63) is 48.3 Å². The number of unbranched alkanes of at least 4 members (excludes halogenated alkanes) is 4. The van der Waals surface area contributed by atoms with Crippen molar-refractivity contribution < 1.29 is 0 Å². The maximum atomic E-state index is 4.31. The fourth-order valence-electron chi connectivity index (χ4n) is 3.07. The van der Waals surface area contributed by atoms with Crippen molar-refractivity contribution in [1.29, 1.82) is 0 Å². The first-order valence-corrected chi connectivity index (χ1v) is 10.4. The third-order valence-electron chi connectivity index (χ3n) is 4.71. The summed E-state index contributed by atoms with van der Waals surface area (Å²) < 4.78 is 1.87. The van der Waals surface area contributed by atoms with Gasteiger partial charge in [-0.3, -0.25) is 4.99 Å². The summed E-state index contributed by atoms with van der Waals surface area (Å²) in [4.78, 5) is 6.57. The zero-order valence-electron chi connectivity index (χ0n) is 17.7. The monoisotopic (exact) mass is 384 g/mol. The number of aliphatic imine (C=N–C) groups is 1. The Hall–Kier alpha value is -2.34. The number of hydrogen-bond acceptors (Lipinski definition) is 3. The molecule has 2 N–H and O–H groups in total. The zero-order chi connectivity index (χ0) is 20.0. The normalized spacial score (nSPS) is 11.8. The molecular formula is C22H36N6. The van der Waals surface area contributed by atoms with Crippen LogP contribution in [-0.2, 0) is 6.42 Å². The first-order chi connectivity index (χ1) is 13.7. The number of nitrogens with one attached hydrogen (secondary N) is 2. The highest BCUT2D eigenvalue weighted by molar-refractivity contribution is 5.79. The molecule has 1 heterocycles. The maximum absolute atomic E-state index is 4.31. The van der Waals surface area contributed by atoms with Gasteiger partial charge < -0.3 is 15.5 Å². The molecule has 28 heavy (non-hydrogen) atoms. The lowest BCUT2D eigenvalue weighted by Gasteiger charge is -2.12. The summed E-state index contributed by atoms with van der Waals surface area (Å²) >= 11 is 0. The van der Waals surface area contributed by atoms with Crippen molar-refractivity contribution in [1.82, 2.24) is 25.3 Å². The van der Waals surface area contributed by atoms with E-state index in [9.17, 15) is 0 Å². The summed E-state index contributed by atoms with van der Waals surface area (Å²) in [6.07, 6.45) is 11.1. The summed E-state index contributed by atoms with van der Waals surface area (Å²) in [5.41, 5.74) is 2.39. The Balaban J connectivity index is 1.56. The molecule has 0 aliphatic carbocycles. The lowest BCUT2D eigenvalue weighted by atomic mass is 10.1. The van der Waals surface area contributed by atoms with Crippen LogP contribution in [0.4, 0.5) is 0 Å². The molecule has 0 saturated heterocycles.